The number of hydrogen-bond acceptors (Lipinski definition) is 4. The highest BCUT2D eigenvalue weighted by Crippen LogP contribution is 2.49. The summed E-state index contributed by atoms with van der Waals surface area (Å²) in [7, 11) is 0. The van der Waals surface area contributed by atoms with E-state index in [1.165, 1.54) is 50.1 Å². The number of aryl methyl sites for hydroxylation is 1. The lowest BCUT2D eigenvalue weighted by molar-refractivity contribution is 0.651. The molecule has 1 aromatic heterocycles. The summed E-state index contributed by atoms with van der Waals surface area (Å²) in [6, 6.07) is 57.0. The number of anilines is 9. The van der Waals surface area contributed by atoms with Gasteiger partial charge in [-0.3, -0.25) is 0 Å². The van der Waals surface area contributed by atoms with Crippen LogP contribution in [-0.2, 0) is 0 Å². The summed E-state index contributed by atoms with van der Waals surface area (Å²) in [4.78, 5) is 7.42. The number of furan rings is 1. The molecule has 308 valence electrons. The summed E-state index contributed by atoms with van der Waals surface area (Å²) in [6.07, 6.45) is 0. The van der Waals surface area contributed by atoms with Gasteiger partial charge in [0.15, 0.2) is 0 Å². The first-order valence-corrected chi connectivity index (χ1v) is 22.6. The van der Waals surface area contributed by atoms with Gasteiger partial charge in [-0.1, -0.05) is 122 Å². The van der Waals surface area contributed by atoms with Crippen LogP contribution in [-0.4, -0.2) is 6.71 Å². The van der Waals surface area contributed by atoms with E-state index in [4.69, 9.17) is 4.42 Å². The number of nitrogens with zero attached hydrogens (tertiary/aromatic N) is 3. The van der Waals surface area contributed by atoms with Crippen molar-refractivity contribution in [3.63, 3.8) is 0 Å². The maximum absolute atomic E-state index is 7.21. The van der Waals surface area contributed by atoms with Gasteiger partial charge in [0.1, 0.15) is 5.58 Å². The average Bonchev–Trinajstić information content (AvgIpc) is 3.65. The summed E-state index contributed by atoms with van der Waals surface area (Å²) in [5, 5.41) is 1.15. The first-order chi connectivity index (χ1) is 30.0. The maximum Gasteiger partial charge on any atom is 0.297 e. The standard InChI is InChI=1S/C57H56BN3O/c1-35(2)40-18-23-45(24-19-40)59(47-17-13-14-42(32-47)37(5)6)48-27-28-50-51(34-48)60(46-25-20-41(21-26-46)36(3)4)52-30-39(9)31-53-55(52)58(50)57-56(61(53)44-15-11-10-12-16-44)49-33-43(38(7)8)22-29-54(49)62-57/h10-38H,1-9H3. The Morgan fingerprint density at radius 3 is 1.69 bits per heavy atom. The lowest BCUT2D eigenvalue weighted by atomic mass is 9.35. The molecule has 0 bridgehead atoms. The van der Waals surface area contributed by atoms with Crippen LogP contribution in [0.4, 0.5) is 51.2 Å². The SMILES string of the molecule is Cc1cc2c3c(c1)N(c1ccccc1)c1c(oc4ccc(C(C)C)cc14)B3c1ccc(N(c3ccc(C(C)C)cc3)c3cccc(C(C)C)c3)cc1N2c1ccc(C(C)C)cc1. The maximum atomic E-state index is 7.21. The second-order valence-electron chi connectivity index (χ2n) is 18.7. The van der Waals surface area contributed by atoms with Crippen molar-refractivity contribution >= 4 is 85.5 Å². The zero-order valence-electron chi connectivity index (χ0n) is 37.6. The molecule has 8 aromatic rings. The molecule has 7 aromatic carbocycles. The molecule has 0 spiro atoms. The van der Waals surface area contributed by atoms with Crippen LogP contribution in [0.15, 0.2) is 156 Å². The molecule has 3 heterocycles. The Bertz CT molecular complexity index is 2940. The molecule has 0 fully saturated rings. The third kappa shape index (κ3) is 6.61. The number of benzene rings is 7. The van der Waals surface area contributed by atoms with Crippen LogP contribution in [0.2, 0.25) is 0 Å². The Labute approximate surface area is 368 Å². The van der Waals surface area contributed by atoms with Crippen molar-refractivity contribution in [3.8, 4) is 0 Å². The average molecular weight is 810 g/mol. The Morgan fingerprint density at radius 2 is 1.03 bits per heavy atom. The van der Waals surface area contributed by atoms with E-state index < -0.39 is 0 Å². The molecule has 0 saturated heterocycles. The normalized spacial score (nSPS) is 13.1. The molecule has 4 nitrogen and oxygen atoms in total. The predicted octanol–water partition coefficient (Wildman–Crippen LogP) is 14.8. The third-order valence-corrected chi connectivity index (χ3v) is 13.2. The minimum absolute atomic E-state index is 0.135. The fraction of sp³-hybridized carbons (Fsp3) is 0.228. The highest BCUT2D eigenvalue weighted by atomic mass is 16.3. The first kappa shape index (κ1) is 39.7. The highest BCUT2D eigenvalue weighted by Gasteiger charge is 2.47. The molecule has 5 heteroatoms. The van der Waals surface area contributed by atoms with Gasteiger partial charge in [-0.25, -0.2) is 0 Å². The third-order valence-electron chi connectivity index (χ3n) is 13.2. The quantitative estimate of drug-likeness (QED) is 0.135. The Hall–Kier alpha value is -6.46. The van der Waals surface area contributed by atoms with Crippen molar-refractivity contribution in [1.82, 2.24) is 0 Å². The van der Waals surface area contributed by atoms with Gasteiger partial charge in [0.2, 0.25) is 0 Å². The second kappa shape index (κ2) is 15.5. The van der Waals surface area contributed by atoms with Crippen molar-refractivity contribution in [2.45, 2.75) is 86.0 Å². The zero-order chi connectivity index (χ0) is 43.0. The fourth-order valence-electron chi connectivity index (χ4n) is 9.73. The molecule has 0 saturated carbocycles. The summed E-state index contributed by atoms with van der Waals surface area (Å²) in [5.74, 6) is 1.66. The second-order valence-corrected chi connectivity index (χ2v) is 18.7. The fourth-order valence-corrected chi connectivity index (χ4v) is 9.73. The lowest BCUT2D eigenvalue weighted by Gasteiger charge is -2.43. The largest absolute Gasteiger partial charge is 0.468 e. The monoisotopic (exact) mass is 809 g/mol. The van der Waals surface area contributed by atoms with E-state index in [0.29, 0.717) is 23.7 Å². The van der Waals surface area contributed by atoms with Crippen LogP contribution in [0, 0.1) is 6.92 Å². The lowest BCUT2D eigenvalue weighted by Crippen LogP contribution is -2.61. The van der Waals surface area contributed by atoms with Crippen molar-refractivity contribution < 1.29 is 4.42 Å². The van der Waals surface area contributed by atoms with E-state index in [1.807, 2.05) is 0 Å². The molecular formula is C57H56BN3O. The highest BCUT2D eigenvalue weighted by molar-refractivity contribution is 7.00. The summed E-state index contributed by atoms with van der Waals surface area (Å²) >= 11 is 0. The summed E-state index contributed by atoms with van der Waals surface area (Å²) in [6.45, 7) is 20.2. The molecule has 0 atom stereocenters. The van der Waals surface area contributed by atoms with Crippen LogP contribution >= 0.6 is 0 Å². The Morgan fingerprint density at radius 1 is 0.468 bits per heavy atom. The molecule has 0 amide bonds. The van der Waals surface area contributed by atoms with E-state index >= 15 is 0 Å². The van der Waals surface area contributed by atoms with Crippen LogP contribution < -0.4 is 31.3 Å². The molecule has 0 N–H and O–H groups in total. The van der Waals surface area contributed by atoms with Gasteiger partial charge in [-0.2, -0.15) is 0 Å². The van der Waals surface area contributed by atoms with Crippen molar-refractivity contribution in [1.29, 1.82) is 0 Å². The van der Waals surface area contributed by atoms with Gasteiger partial charge in [-0.05, 0) is 154 Å². The van der Waals surface area contributed by atoms with Crippen molar-refractivity contribution in [2.75, 3.05) is 14.7 Å². The van der Waals surface area contributed by atoms with Gasteiger partial charge in [0.25, 0.3) is 6.71 Å². The summed E-state index contributed by atoms with van der Waals surface area (Å²) in [5.41, 5.74) is 21.2. The smallest absolute Gasteiger partial charge is 0.297 e. The van der Waals surface area contributed by atoms with Crippen molar-refractivity contribution in [3.05, 3.63) is 179 Å². The molecule has 2 aliphatic rings. The van der Waals surface area contributed by atoms with E-state index in [0.717, 1.165) is 56.4 Å². The molecule has 0 aliphatic carbocycles. The number of fused-ring (bicyclic) bond motifs is 6. The minimum Gasteiger partial charge on any atom is -0.468 e. The number of hydrogen-bond donors (Lipinski definition) is 0. The Kier molecular flexibility index (Phi) is 9.90. The topological polar surface area (TPSA) is 22.9 Å². The van der Waals surface area contributed by atoms with E-state index in [1.54, 1.807) is 0 Å². The van der Waals surface area contributed by atoms with Gasteiger partial charge in [-0.15, -0.1) is 0 Å². The molecule has 0 unspecified atom stereocenters. The number of rotatable bonds is 9. The van der Waals surface area contributed by atoms with E-state index in [2.05, 4.69) is 229 Å². The van der Waals surface area contributed by atoms with Gasteiger partial charge in [0.05, 0.1) is 11.3 Å². The van der Waals surface area contributed by atoms with Gasteiger partial charge in [0, 0.05) is 50.9 Å². The molecule has 2 aliphatic heterocycles. The molecular weight excluding hydrogens is 753 g/mol. The van der Waals surface area contributed by atoms with Crippen LogP contribution in [0.25, 0.3) is 11.0 Å². The van der Waals surface area contributed by atoms with Crippen LogP contribution in [0.1, 0.15) is 107 Å². The van der Waals surface area contributed by atoms with Gasteiger partial charge < -0.3 is 19.1 Å². The first-order valence-electron chi connectivity index (χ1n) is 22.6. The van der Waals surface area contributed by atoms with Gasteiger partial charge >= 0.3 is 0 Å². The zero-order valence-corrected chi connectivity index (χ0v) is 37.6. The predicted molar refractivity (Wildman–Crippen MR) is 266 cm³/mol. The van der Waals surface area contributed by atoms with Crippen LogP contribution in [0.3, 0.4) is 0 Å². The number of para-hydroxylation sites is 1. The molecule has 62 heavy (non-hydrogen) atoms. The van der Waals surface area contributed by atoms with Crippen LogP contribution in [0.5, 0.6) is 0 Å². The minimum atomic E-state index is -0.135. The molecule has 10 rings (SSSR count). The Balaban J connectivity index is 1.27. The summed E-state index contributed by atoms with van der Waals surface area (Å²) < 4.78 is 7.21. The van der Waals surface area contributed by atoms with E-state index in [-0.39, 0.29) is 6.71 Å². The molecule has 0 radical (unpaired) electrons. The van der Waals surface area contributed by atoms with Crippen molar-refractivity contribution in [2.24, 2.45) is 0 Å². The van der Waals surface area contributed by atoms with E-state index in [9.17, 15) is 0 Å².